The molecule has 0 saturated carbocycles. The maximum absolute atomic E-state index is 10.8. The molecular formula is C15H16N4O2. The average Bonchev–Trinajstić information content (AvgIpc) is 2.93. The number of likely N-dealkylation sites (N-methyl/N-ethyl adjacent to an activating group) is 1. The molecule has 2 aromatic rings. The number of pyridine rings is 1. The zero-order valence-corrected chi connectivity index (χ0v) is 11.8. The Balaban J connectivity index is 1.80. The minimum Gasteiger partial charge on any atom is -0.472 e. The van der Waals surface area contributed by atoms with Gasteiger partial charge in [-0.2, -0.15) is 0 Å². The predicted molar refractivity (Wildman–Crippen MR) is 77.2 cm³/mol. The maximum Gasteiger partial charge on any atom is 0.233 e. The first kappa shape index (κ1) is 13.6. The molecule has 0 aliphatic carbocycles. The van der Waals surface area contributed by atoms with Gasteiger partial charge in [0.05, 0.1) is 18.1 Å². The molecule has 6 heteroatoms. The van der Waals surface area contributed by atoms with E-state index in [9.17, 15) is 4.79 Å². The molecule has 1 saturated heterocycles. The van der Waals surface area contributed by atoms with Crippen molar-refractivity contribution in [2.45, 2.75) is 12.5 Å². The number of ether oxygens (including phenoxy) is 1. The van der Waals surface area contributed by atoms with Crippen LogP contribution in [0.2, 0.25) is 0 Å². The van der Waals surface area contributed by atoms with Crippen LogP contribution in [-0.2, 0) is 0 Å². The molecule has 0 bridgehead atoms. The Morgan fingerprint density at radius 3 is 3.10 bits per heavy atom. The van der Waals surface area contributed by atoms with Gasteiger partial charge in [0.2, 0.25) is 5.88 Å². The van der Waals surface area contributed by atoms with E-state index in [0.29, 0.717) is 23.6 Å². The first-order chi connectivity index (χ1) is 10.2. The van der Waals surface area contributed by atoms with Crippen LogP contribution in [0.15, 0.2) is 30.7 Å². The Kier molecular flexibility index (Phi) is 3.87. The molecule has 108 valence electrons. The average molecular weight is 284 g/mol. The number of aldehydes is 1. The van der Waals surface area contributed by atoms with E-state index in [1.165, 1.54) is 0 Å². The van der Waals surface area contributed by atoms with Crippen molar-refractivity contribution in [3.05, 3.63) is 36.4 Å². The highest BCUT2D eigenvalue weighted by Gasteiger charge is 2.21. The molecular weight excluding hydrogens is 268 g/mol. The van der Waals surface area contributed by atoms with Crippen molar-refractivity contribution in [1.82, 2.24) is 19.9 Å². The van der Waals surface area contributed by atoms with Gasteiger partial charge in [-0.3, -0.25) is 14.8 Å². The predicted octanol–water partition coefficient (Wildman–Crippen LogP) is 1.43. The fraction of sp³-hybridized carbons (Fsp3) is 0.333. The number of carbonyl (C=O) groups excluding carboxylic acids is 1. The summed E-state index contributed by atoms with van der Waals surface area (Å²) in [4.78, 5) is 25.6. The van der Waals surface area contributed by atoms with Crippen molar-refractivity contribution in [2.24, 2.45) is 0 Å². The summed E-state index contributed by atoms with van der Waals surface area (Å²) in [6.45, 7) is 1.93. The van der Waals surface area contributed by atoms with E-state index in [4.69, 9.17) is 4.74 Å². The van der Waals surface area contributed by atoms with Crippen molar-refractivity contribution in [1.29, 1.82) is 0 Å². The molecule has 0 N–H and O–H groups in total. The van der Waals surface area contributed by atoms with E-state index < -0.39 is 0 Å². The van der Waals surface area contributed by atoms with Gasteiger partial charge in [-0.05, 0) is 25.6 Å². The number of hydrogen-bond donors (Lipinski definition) is 0. The molecule has 1 atom stereocenters. The van der Waals surface area contributed by atoms with Crippen LogP contribution >= 0.6 is 0 Å². The molecule has 1 aliphatic heterocycles. The maximum atomic E-state index is 10.8. The standard InChI is InChI=1S/C15H16N4O2/c1-19-5-3-13(9-19)21-15-8-16-7-14(18-15)11-2-4-17-12(6-11)10-20/h2,4,6-8,10,13H,3,5,9H2,1H3. The first-order valence-electron chi connectivity index (χ1n) is 6.83. The molecule has 0 amide bonds. The van der Waals surface area contributed by atoms with Crippen LogP contribution in [0.25, 0.3) is 11.3 Å². The van der Waals surface area contributed by atoms with E-state index in [-0.39, 0.29) is 6.10 Å². The monoisotopic (exact) mass is 284 g/mol. The molecule has 1 aliphatic rings. The van der Waals surface area contributed by atoms with Crippen LogP contribution in [0, 0.1) is 0 Å². The SMILES string of the molecule is CN1CCC(Oc2cncc(-c3ccnc(C=O)c3)n2)C1. The van der Waals surface area contributed by atoms with Gasteiger partial charge >= 0.3 is 0 Å². The summed E-state index contributed by atoms with van der Waals surface area (Å²) >= 11 is 0. The highest BCUT2D eigenvalue weighted by atomic mass is 16.5. The Labute approximate surface area is 122 Å². The van der Waals surface area contributed by atoms with Crippen molar-refractivity contribution in [3.63, 3.8) is 0 Å². The fourth-order valence-electron chi connectivity index (χ4n) is 2.38. The number of aromatic nitrogens is 3. The summed E-state index contributed by atoms with van der Waals surface area (Å²) in [6, 6.07) is 3.48. The minimum atomic E-state index is 0.155. The zero-order valence-electron chi connectivity index (χ0n) is 11.8. The summed E-state index contributed by atoms with van der Waals surface area (Å²) in [5, 5.41) is 0. The molecule has 3 rings (SSSR count). The quantitative estimate of drug-likeness (QED) is 0.791. The van der Waals surface area contributed by atoms with Crippen LogP contribution in [0.5, 0.6) is 5.88 Å². The van der Waals surface area contributed by atoms with E-state index in [0.717, 1.165) is 25.1 Å². The molecule has 0 aromatic carbocycles. The van der Waals surface area contributed by atoms with Crippen molar-refractivity contribution in [2.75, 3.05) is 20.1 Å². The second-order valence-electron chi connectivity index (χ2n) is 5.12. The number of rotatable bonds is 4. The molecule has 6 nitrogen and oxygen atoms in total. The van der Waals surface area contributed by atoms with Gasteiger partial charge in [-0.25, -0.2) is 4.98 Å². The summed E-state index contributed by atoms with van der Waals surface area (Å²) in [7, 11) is 2.07. The van der Waals surface area contributed by atoms with Crippen LogP contribution in [0.3, 0.4) is 0 Å². The van der Waals surface area contributed by atoms with Gasteiger partial charge in [0.1, 0.15) is 11.8 Å². The lowest BCUT2D eigenvalue weighted by atomic mass is 10.2. The number of likely N-dealkylation sites (tertiary alicyclic amines) is 1. The van der Waals surface area contributed by atoms with Gasteiger partial charge in [-0.15, -0.1) is 0 Å². The molecule has 2 aromatic heterocycles. The van der Waals surface area contributed by atoms with Gasteiger partial charge < -0.3 is 9.64 Å². The Morgan fingerprint density at radius 1 is 1.43 bits per heavy atom. The second-order valence-corrected chi connectivity index (χ2v) is 5.12. The van der Waals surface area contributed by atoms with Crippen LogP contribution in [0.1, 0.15) is 16.9 Å². The highest BCUT2D eigenvalue weighted by molar-refractivity contribution is 5.75. The normalized spacial score (nSPS) is 18.6. The molecule has 21 heavy (non-hydrogen) atoms. The number of hydrogen-bond acceptors (Lipinski definition) is 6. The summed E-state index contributed by atoms with van der Waals surface area (Å²) < 4.78 is 5.86. The molecule has 0 spiro atoms. The lowest BCUT2D eigenvalue weighted by Crippen LogP contribution is -2.21. The van der Waals surface area contributed by atoms with Gasteiger partial charge in [0.25, 0.3) is 0 Å². The molecule has 3 heterocycles. The van der Waals surface area contributed by atoms with E-state index in [2.05, 4.69) is 26.9 Å². The first-order valence-corrected chi connectivity index (χ1v) is 6.83. The van der Waals surface area contributed by atoms with Crippen LogP contribution < -0.4 is 4.74 Å². The van der Waals surface area contributed by atoms with E-state index >= 15 is 0 Å². The topological polar surface area (TPSA) is 68.2 Å². The fourth-order valence-corrected chi connectivity index (χ4v) is 2.38. The highest BCUT2D eigenvalue weighted by Crippen LogP contribution is 2.20. The third kappa shape index (κ3) is 3.22. The molecule has 1 fully saturated rings. The van der Waals surface area contributed by atoms with Gasteiger partial charge in [0.15, 0.2) is 6.29 Å². The minimum absolute atomic E-state index is 0.155. The molecule has 0 radical (unpaired) electrons. The Hall–Kier alpha value is -2.34. The largest absolute Gasteiger partial charge is 0.472 e. The van der Waals surface area contributed by atoms with Crippen LogP contribution in [-0.4, -0.2) is 52.4 Å². The number of nitrogens with zero attached hydrogens (tertiary/aromatic N) is 4. The third-order valence-electron chi connectivity index (χ3n) is 3.45. The third-order valence-corrected chi connectivity index (χ3v) is 3.45. The van der Waals surface area contributed by atoms with Crippen molar-refractivity contribution in [3.8, 4) is 17.1 Å². The molecule has 1 unspecified atom stereocenters. The van der Waals surface area contributed by atoms with Crippen LogP contribution in [0.4, 0.5) is 0 Å². The summed E-state index contributed by atoms with van der Waals surface area (Å²) in [5.74, 6) is 0.511. The smallest absolute Gasteiger partial charge is 0.233 e. The second kappa shape index (κ2) is 5.97. The Morgan fingerprint density at radius 2 is 2.33 bits per heavy atom. The van der Waals surface area contributed by atoms with Crippen molar-refractivity contribution < 1.29 is 9.53 Å². The summed E-state index contributed by atoms with van der Waals surface area (Å²) in [5.41, 5.74) is 1.84. The van der Waals surface area contributed by atoms with Gasteiger partial charge in [0, 0.05) is 24.8 Å². The van der Waals surface area contributed by atoms with Crippen molar-refractivity contribution >= 4 is 6.29 Å². The summed E-state index contributed by atoms with van der Waals surface area (Å²) in [6.07, 6.45) is 6.71. The Bertz CT molecular complexity index is 647. The van der Waals surface area contributed by atoms with E-state index in [1.54, 1.807) is 30.7 Å². The lowest BCUT2D eigenvalue weighted by Gasteiger charge is -2.13. The lowest BCUT2D eigenvalue weighted by molar-refractivity contribution is 0.111. The van der Waals surface area contributed by atoms with Gasteiger partial charge in [-0.1, -0.05) is 0 Å². The van der Waals surface area contributed by atoms with E-state index in [1.807, 2.05) is 0 Å². The number of carbonyl (C=O) groups is 1. The zero-order chi connectivity index (χ0) is 14.7.